The molecule has 0 spiro atoms. The van der Waals surface area contributed by atoms with E-state index in [9.17, 15) is 13.2 Å². The van der Waals surface area contributed by atoms with Crippen LogP contribution in [0.5, 0.6) is 0 Å². The molecule has 1 aliphatic heterocycles. The summed E-state index contributed by atoms with van der Waals surface area (Å²) in [6.07, 6.45) is 0.211. The Balaban J connectivity index is 2.12. The summed E-state index contributed by atoms with van der Waals surface area (Å²) in [6.45, 7) is 8.15. The van der Waals surface area contributed by atoms with Crippen molar-refractivity contribution in [2.75, 3.05) is 6.54 Å². The SMILES string of the molecule is Cc1ccc(S(=O)(=O)NC2CC(=O)N(C(C)(C)C)C2)cc1. The fourth-order valence-corrected chi connectivity index (χ4v) is 3.67. The van der Waals surface area contributed by atoms with Crippen molar-refractivity contribution in [1.82, 2.24) is 9.62 Å². The van der Waals surface area contributed by atoms with Crippen LogP contribution >= 0.6 is 0 Å². The molecule has 6 heteroatoms. The molecule has 1 aromatic rings. The van der Waals surface area contributed by atoms with Gasteiger partial charge in [0.15, 0.2) is 0 Å². The maximum atomic E-state index is 12.3. The molecule has 116 valence electrons. The van der Waals surface area contributed by atoms with E-state index in [1.165, 1.54) is 0 Å². The van der Waals surface area contributed by atoms with Crippen molar-refractivity contribution in [3.05, 3.63) is 29.8 Å². The number of nitrogens with one attached hydrogen (secondary N) is 1. The number of hydrogen-bond acceptors (Lipinski definition) is 3. The molecule has 1 unspecified atom stereocenters. The summed E-state index contributed by atoms with van der Waals surface area (Å²) in [6, 6.07) is 6.31. The number of rotatable bonds is 3. The lowest BCUT2D eigenvalue weighted by molar-refractivity contribution is -0.131. The highest BCUT2D eigenvalue weighted by molar-refractivity contribution is 7.89. The molecule has 1 atom stereocenters. The molecule has 1 N–H and O–H groups in total. The Morgan fingerprint density at radius 1 is 1.19 bits per heavy atom. The topological polar surface area (TPSA) is 66.5 Å². The van der Waals surface area contributed by atoms with E-state index in [2.05, 4.69) is 4.72 Å². The average molecular weight is 310 g/mol. The third-order valence-electron chi connectivity index (χ3n) is 3.59. The number of sulfonamides is 1. The second kappa shape index (κ2) is 5.42. The molecule has 0 radical (unpaired) electrons. The van der Waals surface area contributed by atoms with Gasteiger partial charge < -0.3 is 4.90 Å². The van der Waals surface area contributed by atoms with Gasteiger partial charge in [0.2, 0.25) is 15.9 Å². The Bertz CT molecular complexity index is 630. The number of amides is 1. The molecule has 0 saturated carbocycles. The van der Waals surface area contributed by atoms with Crippen LogP contribution in [0, 0.1) is 6.92 Å². The van der Waals surface area contributed by atoms with E-state index in [0.29, 0.717) is 6.54 Å². The van der Waals surface area contributed by atoms with Crippen molar-refractivity contribution in [2.24, 2.45) is 0 Å². The monoisotopic (exact) mass is 310 g/mol. The number of nitrogens with zero attached hydrogens (tertiary/aromatic N) is 1. The Labute approximate surface area is 126 Å². The van der Waals surface area contributed by atoms with Gasteiger partial charge in [-0.25, -0.2) is 13.1 Å². The molecule has 1 heterocycles. The third kappa shape index (κ3) is 3.63. The fraction of sp³-hybridized carbons (Fsp3) is 0.533. The number of likely N-dealkylation sites (tertiary alicyclic amines) is 1. The highest BCUT2D eigenvalue weighted by Crippen LogP contribution is 2.23. The van der Waals surface area contributed by atoms with E-state index in [1.807, 2.05) is 27.7 Å². The zero-order valence-corrected chi connectivity index (χ0v) is 13.7. The van der Waals surface area contributed by atoms with Crippen LogP contribution in [-0.2, 0) is 14.8 Å². The van der Waals surface area contributed by atoms with E-state index >= 15 is 0 Å². The molecule has 1 fully saturated rings. The van der Waals surface area contributed by atoms with Crippen LogP contribution in [0.25, 0.3) is 0 Å². The van der Waals surface area contributed by atoms with Gasteiger partial charge in [-0.05, 0) is 39.8 Å². The second-order valence-corrected chi connectivity index (χ2v) is 8.22. The fourth-order valence-electron chi connectivity index (χ4n) is 2.44. The molecule has 1 amide bonds. The summed E-state index contributed by atoms with van der Waals surface area (Å²) in [4.78, 5) is 13.9. The number of carbonyl (C=O) groups is 1. The van der Waals surface area contributed by atoms with Crippen LogP contribution in [0.2, 0.25) is 0 Å². The molecule has 1 saturated heterocycles. The van der Waals surface area contributed by atoms with Gasteiger partial charge in [-0.1, -0.05) is 17.7 Å². The average Bonchev–Trinajstić information content (AvgIpc) is 2.69. The summed E-state index contributed by atoms with van der Waals surface area (Å²) < 4.78 is 27.3. The summed E-state index contributed by atoms with van der Waals surface area (Å²) in [5, 5.41) is 0. The highest BCUT2D eigenvalue weighted by atomic mass is 32.2. The lowest BCUT2D eigenvalue weighted by atomic mass is 10.1. The standard InChI is InChI=1S/C15H22N2O3S/c1-11-5-7-13(8-6-11)21(19,20)16-12-9-14(18)17(10-12)15(2,3)4/h5-8,12,16H,9-10H2,1-4H3. The van der Waals surface area contributed by atoms with Crippen molar-refractivity contribution in [2.45, 2.75) is 50.6 Å². The quantitative estimate of drug-likeness (QED) is 0.923. The van der Waals surface area contributed by atoms with Crippen LogP contribution in [0.1, 0.15) is 32.8 Å². The number of aryl methyl sites for hydroxylation is 1. The highest BCUT2D eigenvalue weighted by Gasteiger charge is 2.37. The summed E-state index contributed by atoms with van der Waals surface area (Å²) in [5.74, 6) is -0.0147. The summed E-state index contributed by atoms with van der Waals surface area (Å²) in [5.41, 5.74) is 0.713. The Morgan fingerprint density at radius 3 is 2.24 bits per heavy atom. The van der Waals surface area contributed by atoms with Gasteiger partial charge in [-0.15, -0.1) is 0 Å². The summed E-state index contributed by atoms with van der Waals surface area (Å²) >= 11 is 0. The predicted molar refractivity (Wildman–Crippen MR) is 81.4 cm³/mol. The minimum Gasteiger partial charge on any atom is -0.336 e. The first-order chi connectivity index (χ1) is 9.59. The van der Waals surface area contributed by atoms with E-state index in [0.717, 1.165) is 5.56 Å². The second-order valence-electron chi connectivity index (χ2n) is 6.51. The molecular formula is C15H22N2O3S. The lowest BCUT2D eigenvalue weighted by Crippen LogP contribution is -2.44. The smallest absolute Gasteiger partial charge is 0.240 e. The molecule has 1 aromatic carbocycles. The van der Waals surface area contributed by atoms with Gasteiger partial charge >= 0.3 is 0 Å². The van der Waals surface area contributed by atoms with Gasteiger partial charge in [-0.3, -0.25) is 4.79 Å². The Morgan fingerprint density at radius 2 is 1.76 bits per heavy atom. The molecule has 21 heavy (non-hydrogen) atoms. The first-order valence-corrected chi connectivity index (χ1v) is 8.47. The Kier molecular flexibility index (Phi) is 4.13. The zero-order chi connectivity index (χ0) is 15.8. The normalized spacial score (nSPS) is 20.1. The minimum absolute atomic E-state index is 0.0147. The van der Waals surface area contributed by atoms with Crippen molar-refractivity contribution in [3.63, 3.8) is 0 Å². The molecule has 0 aliphatic carbocycles. The van der Waals surface area contributed by atoms with Crippen LogP contribution in [0.3, 0.4) is 0 Å². The van der Waals surface area contributed by atoms with Crippen LogP contribution in [-0.4, -0.2) is 37.4 Å². The number of hydrogen-bond donors (Lipinski definition) is 1. The number of benzene rings is 1. The predicted octanol–water partition coefficient (Wildman–Crippen LogP) is 1.67. The molecule has 2 rings (SSSR count). The molecule has 0 bridgehead atoms. The maximum absolute atomic E-state index is 12.3. The van der Waals surface area contributed by atoms with Crippen molar-refractivity contribution >= 4 is 15.9 Å². The van der Waals surface area contributed by atoms with Gasteiger partial charge in [0.25, 0.3) is 0 Å². The Hall–Kier alpha value is -1.40. The van der Waals surface area contributed by atoms with Gasteiger partial charge in [-0.2, -0.15) is 0 Å². The van der Waals surface area contributed by atoms with E-state index in [4.69, 9.17) is 0 Å². The van der Waals surface area contributed by atoms with Gasteiger partial charge in [0, 0.05) is 24.5 Å². The van der Waals surface area contributed by atoms with E-state index in [-0.39, 0.29) is 28.8 Å². The van der Waals surface area contributed by atoms with Crippen molar-refractivity contribution in [1.29, 1.82) is 0 Å². The van der Waals surface area contributed by atoms with Crippen molar-refractivity contribution in [3.8, 4) is 0 Å². The van der Waals surface area contributed by atoms with Crippen LogP contribution < -0.4 is 4.72 Å². The lowest BCUT2D eigenvalue weighted by Gasteiger charge is -2.32. The van der Waals surface area contributed by atoms with Crippen LogP contribution in [0.4, 0.5) is 0 Å². The zero-order valence-electron chi connectivity index (χ0n) is 12.9. The largest absolute Gasteiger partial charge is 0.336 e. The van der Waals surface area contributed by atoms with Crippen LogP contribution in [0.15, 0.2) is 29.2 Å². The molecular weight excluding hydrogens is 288 g/mol. The molecule has 5 nitrogen and oxygen atoms in total. The maximum Gasteiger partial charge on any atom is 0.240 e. The molecule has 0 aromatic heterocycles. The summed E-state index contributed by atoms with van der Waals surface area (Å²) in [7, 11) is -3.58. The van der Waals surface area contributed by atoms with Gasteiger partial charge in [0.05, 0.1) is 4.90 Å². The van der Waals surface area contributed by atoms with E-state index < -0.39 is 10.0 Å². The van der Waals surface area contributed by atoms with Crippen molar-refractivity contribution < 1.29 is 13.2 Å². The number of carbonyl (C=O) groups excluding carboxylic acids is 1. The first-order valence-electron chi connectivity index (χ1n) is 6.99. The molecule has 1 aliphatic rings. The third-order valence-corrected chi connectivity index (χ3v) is 5.12. The van der Waals surface area contributed by atoms with E-state index in [1.54, 1.807) is 29.2 Å². The van der Waals surface area contributed by atoms with Gasteiger partial charge in [0.1, 0.15) is 0 Å². The minimum atomic E-state index is -3.58. The first kappa shape index (κ1) is 16.0.